The maximum atomic E-state index is 10.9. The third-order valence-electron chi connectivity index (χ3n) is 4.28. The topological polar surface area (TPSA) is 60.4 Å². The molecule has 130 valence electrons. The summed E-state index contributed by atoms with van der Waals surface area (Å²) in [6.07, 6.45) is 10.7. The molecule has 0 amide bonds. The number of phenolic OH excluding ortho intramolecular Hbond substituents is 1. The molecule has 0 heterocycles. The number of hydrogen-bond acceptors (Lipinski definition) is 3. The van der Waals surface area contributed by atoms with E-state index in [4.69, 9.17) is 0 Å². The van der Waals surface area contributed by atoms with Gasteiger partial charge in [0.15, 0.2) is 0 Å². The van der Waals surface area contributed by atoms with Crippen LogP contribution in [0.4, 0.5) is 0 Å². The van der Waals surface area contributed by atoms with Gasteiger partial charge in [-0.3, -0.25) is 0 Å². The molecule has 0 bridgehead atoms. The van der Waals surface area contributed by atoms with Gasteiger partial charge in [-0.25, -0.2) is 0 Å². The summed E-state index contributed by atoms with van der Waals surface area (Å²) in [5, 5.41) is 21.4. The summed E-state index contributed by atoms with van der Waals surface area (Å²) in [6, 6.07) is 3.68. The van der Waals surface area contributed by atoms with Crippen LogP contribution < -0.4 is 34.7 Å². The van der Waals surface area contributed by atoms with Crippen molar-refractivity contribution in [3.05, 3.63) is 28.8 Å². The normalized spacial score (nSPS) is 10.4. The molecule has 0 radical (unpaired) electrons. The van der Waals surface area contributed by atoms with Gasteiger partial charge in [0.05, 0.1) is 0 Å². The van der Waals surface area contributed by atoms with Crippen molar-refractivity contribution in [2.24, 2.45) is 0 Å². The van der Waals surface area contributed by atoms with Crippen LogP contribution in [0.1, 0.15) is 81.9 Å². The van der Waals surface area contributed by atoms with Crippen molar-refractivity contribution in [2.45, 2.75) is 84.5 Å². The zero-order valence-electron chi connectivity index (χ0n) is 15.7. The van der Waals surface area contributed by atoms with Crippen LogP contribution in [0.15, 0.2) is 12.1 Å². The maximum absolute atomic E-state index is 10.9. The van der Waals surface area contributed by atoms with E-state index in [1.54, 1.807) is 0 Å². The first-order chi connectivity index (χ1) is 11.1. The van der Waals surface area contributed by atoms with Crippen LogP contribution in [0.5, 0.6) is 5.75 Å². The molecule has 0 spiro atoms. The van der Waals surface area contributed by atoms with Crippen molar-refractivity contribution in [1.29, 1.82) is 0 Å². The summed E-state index contributed by atoms with van der Waals surface area (Å²) >= 11 is 0. The van der Waals surface area contributed by atoms with Gasteiger partial charge in [0.1, 0.15) is 5.75 Å². The standard InChI is InChI=1S/C20H32O3.Na/c1-3-5-7-9-11-17-13-16(15-19(21)22)14-18(20(17)23)12-10-8-6-4-2;/h13-14,23H,3-12,15H2,1-2H3,(H,21,22);/q;+1/p-1. The average molecular weight is 342 g/mol. The number of hydrogen-bond donors (Lipinski definition) is 1. The molecule has 0 atom stereocenters. The Kier molecular flexibility index (Phi) is 13.5. The molecule has 0 saturated heterocycles. The van der Waals surface area contributed by atoms with Gasteiger partial charge < -0.3 is 15.0 Å². The van der Waals surface area contributed by atoms with Crippen LogP contribution in [-0.4, -0.2) is 11.1 Å². The molecule has 0 aliphatic carbocycles. The van der Waals surface area contributed by atoms with Crippen LogP contribution in [0, 0.1) is 0 Å². The van der Waals surface area contributed by atoms with Crippen molar-refractivity contribution in [3.8, 4) is 5.75 Å². The second-order valence-electron chi connectivity index (χ2n) is 6.43. The van der Waals surface area contributed by atoms with Crippen LogP contribution >= 0.6 is 0 Å². The fourth-order valence-electron chi connectivity index (χ4n) is 2.97. The summed E-state index contributed by atoms with van der Waals surface area (Å²) in [7, 11) is 0. The van der Waals surface area contributed by atoms with Gasteiger partial charge in [-0.2, -0.15) is 0 Å². The minimum atomic E-state index is -1.07. The molecule has 4 heteroatoms. The summed E-state index contributed by atoms with van der Waals surface area (Å²) in [5.41, 5.74) is 2.54. The Morgan fingerprint density at radius 2 is 1.38 bits per heavy atom. The zero-order valence-corrected chi connectivity index (χ0v) is 17.7. The Hall–Kier alpha value is -0.510. The van der Waals surface area contributed by atoms with E-state index in [-0.39, 0.29) is 36.0 Å². The molecule has 1 N–H and O–H groups in total. The van der Waals surface area contributed by atoms with E-state index in [9.17, 15) is 15.0 Å². The van der Waals surface area contributed by atoms with Gasteiger partial charge in [-0.05, 0) is 42.4 Å². The number of rotatable bonds is 12. The first kappa shape index (κ1) is 23.5. The van der Waals surface area contributed by atoms with Crippen molar-refractivity contribution in [2.75, 3.05) is 0 Å². The number of carboxylic acid groups (broad SMARTS) is 1. The first-order valence-corrected chi connectivity index (χ1v) is 9.11. The minimum absolute atomic E-state index is 0. The largest absolute Gasteiger partial charge is 1.00 e. The molecule has 0 unspecified atom stereocenters. The predicted molar refractivity (Wildman–Crippen MR) is 92.5 cm³/mol. The van der Waals surface area contributed by atoms with Crippen LogP contribution in [-0.2, 0) is 24.1 Å². The minimum Gasteiger partial charge on any atom is -0.550 e. The molecule has 0 aliphatic rings. The van der Waals surface area contributed by atoms with Gasteiger partial charge in [0, 0.05) is 12.4 Å². The quantitative estimate of drug-likeness (QED) is 0.454. The van der Waals surface area contributed by atoms with Crippen molar-refractivity contribution in [1.82, 2.24) is 0 Å². The van der Waals surface area contributed by atoms with Crippen molar-refractivity contribution in [3.63, 3.8) is 0 Å². The molecule has 1 aromatic rings. The van der Waals surface area contributed by atoms with Gasteiger partial charge in [0.2, 0.25) is 0 Å². The maximum Gasteiger partial charge on any atom is 1.00 e. The fourth-order valence-corrected chi connectivity index (χ4v) is 2.97. The summed E-state index contributed by atoms with van der Waals surface area (Å²) in [5.74, 6) is -0.690. The number of unbranched alkanes of at least 4 members (excludes halogenated alkanes) is 6. The van der Waals surface area contributed by atoms with Gasteiger partial charge in [0.25, 0.3) is 0 Å². The number of aryl methyl sites for hydroxylation is 2. The Morgan fingerprint density at radius 3 is 1.75 bits per heavy atom. The Labute approximate surface area is 169 Å². The van der Waals surface area contributed by atoms with Gasteiger partial charge >= 0.3 is 29.6 Å². The van der Waals surface area contributed by atoms with Crippen molar-refractivity contribution >= 4 is 5.97 Å². The van der Waals surface area contributed by atoms with E-state index in [1.165, 1.54) is 25.7 Å². The fraction of sp³-hybridized carbons (Fsp3) is 0.650. The summed E-state index contributed by atoms with van der Waals surface area (Å²) in [6.45, 7) is 4.35. The number of phenols is 1. The second-order valence-corrected chi connectivity index (χ2v) is 6.43. The van der Waals surface area contributed by atoms with Gasteiger partial charge in [-0.1, -0.05) is 64.5 Å². The third-order valence-corrected chi connectivity index (χ3v) is 4.28. The molecule has 1 rings (SSSR count). The Balaban J connectivity index is 0.00000529. The van der Waals surface area contributed by atoms with Crippen LogP contribution in [0.3, 0.4) is 0 Å². The van der Waals surface area contributed by atoms with E-state index in [2.05, 4.69) is 13.8 Å². The van der Waals surface area contributed by atoms with E-state index >= 15 is 0 Å². The van der Waals surface area contributed by atoms with E-state index in [0.29, 0.717) is 5.75 Å². The molecule has 0 aliphatic heterocycles. The van der Waals surface area contributed by atoms with E-state index in [1.807, 2.05) is 12.1 Å². The Bertz CT molecular complexity index is 453. The summed E-state index contributed by atoms with van der Waals surface area (Å²) in [4.78, 5) is 10.9. The number of carbonyl (C=O) groups is 1. The SMILES string of the molecule is CCCCCCc1cc(CC(=O)[O-])cc(CCCCCC)c1O.[Na+]. The zero-order chi connectivity index (χ0) is 17.1. The van der Waals surface area contributed by atoms with Crippen LogP contribution in [0.2, 0.25) is 0 Å². The molecular formula is C20H31NaO3. The molecule has 24 heavy (non-hydrogen) atoms. The number of aromatic hydroxyl groups is 1. The number of aliphatic carboxylic acids is 1. The molecule has 0 saturated carbocycles. The van der Waals surface area contributed by atoms with E-state index in [0.717, 1.165) is 55.2 Å². The van der Waals surface area contributed by atoms with E-state index < -0.39 is 5.97 Å². The van der Waals surface area contributed by atoms with Gasteiger partial charge in [-0.15, -0.1) is 0 Å². The average Bonchev–Trinajstić information content (AvgIpc) is 2.51. The summed E-state index contributed by atoms with van der Waals surface area (Å²) < 4.78 is 0. The third kappa shape index (κ3) is 9.10. The van der Waals surface area contributed by atoms with Crippen molar-refractivity contribution < 1.29 is 44.6 Å². The number of carboxylic acids is 1. The monoisotopic (exact) mass is 342 g/mol. The molecular weight excluding hydrogens is 311 g/mol. The molecule has 1 aromatic carbocycles. The predicted octanol–water partition coefficient (Wildman–Crippen LogP) is 0.934. The molecule has 0 fully saturated rings. The van der Waals surface area contributed by atoms with Crippen LogP contribution in [0.25, 0.3) is 0 Å². The Morgan fingerprint density at radius 1 is 0.917 bits per heavy atom. The smallest absolute Gasteiger partial charge is 0.550 e. The second kappa shape index (κ2) is 13.7. The number of benzene rings is 1. The molecule has 0 aromatic heterocycles. The number of carbonyl (C=O) groups excluding carboxylic acids is 1. The molecule has 3 nitrogen and oxygen atoms in total. The first-order valence-electron chi connectivity index (χ1n) is 9.11.